The molecule has 0 saturated heterocycles. The highest BCUT2D eigenvalue weighted by atomic mass is 35.5. The fourth-order valence-corrected chi connectivity index (χ4v) is 1.49. The summed E-state index contributed by atoms with van der Waals surface area (Å²) in [5.41, 5.74) is 8.38. The number of aryl methyl sites for hydroxylation is 2. The lowest BCUT2D eigenvalue weighted by atomic mass is 10.1. The summed E-state index contributed by atoms with van der Waals surface area (Å²) in [7, 11) is 0. The maximum Gasteiger partial charge on any atom is 0.122 e. The highest BCUT2D eigenvalue weighted by Gasteiger charge is 2.39. The molecule has 1 aromatic carbocycles. The Morgan fingerprint density at radius 3 is 2.53 bits per heavy atom. The Balaban J connectivity index is 0.00000112. The van der Waals surface area contributed by atoms with Crippen molar-refractivity contribution in [2.75, 3.05) is 6.61 Å². The van der Waals surface area contributed by atoms with Gasteiger partial charge in [-0.3, -0.25) is 0 Å². The van der Waals surface area contributed by atoms with Crippen LogP contribution in [0.5, 0.6) is 5.75 Å². The average Bonchev–Trinajstić information content (AvgIpc) is 2.83. The van der Waals surface area contributed by atoms with Gasteiger partial charge in [0.05, 0.1) is 5.54 Å². The molecule has 1 aliphatic rings. The predicted octanol–water partition coefficient (Wildman–Crippen LogP) is 2.60. The van der Waals surface area contributed by atoms with Crippen molar-refractivity contribution < 1.29 is 4.74 Å². The van der Waals surface area contributed by atoms with Gasteiger partial charge in [-0.1, -0.05) is 17.7 Å². The first-order valence-electron chi connectivity index (χ1n) is 5.08. The van der Waals surface area contributed by atoms with Crippen LogP contribution >= 0.6 is 12.4 Å². The minimum absolute atomic E-state index is 0. The number of hydrogen-bond acceptors (Lipinski definition) is 2. The second-order valence-electron chi connectivity index (χ2n) is 4.42. The summed E-state index contributed by atoms with van der Waals surface area (Å²) in [5.74, 6) is 0.965. The number of ether oxygens (including phenoxy) is 1. The zero-order valence-corrected chi connectivity index (χ0v) is 10.1. The molecular weight excluding hydrogens is 210 g/mol. The molecule has 0 unspecified atom stereocenters. The van der Waals surface area contributed by atoms with E-state index in [1.807, 2.05) is 6.07 Å². The van der Waals surface area contributed by atoms with Crippen molar-refractivity contribution in [3.05, 3.63) is 29.3 Å². The summed E-state index contributed by atoms with van der Waals surface area (Å²) >= 11 is 0. The minimum atomic E-state index is -0.0304. The van der Waals surface area contributed by atoms with Gasteiger partial charge in [-0.2, -0.15) is 0 Å². The number of nitrogens with two attached hydrogens (primary N) is 1. The van der Waals surface area contributed by atoms with Crippen molar-refractivity contribution in [3.63, 3.8) is 0 Å². The first-order chi connectivity index (χ1) is 6.59. The van der Waals surface area contributed by atoms with Crippen LogP contribution in [0, 0.1) is 13.8 Å². The average molecular weight is 228 g/mol. The largest absolute Gasteiger partial charge is 0.491 e. The van der Waals surface area contributed by atoms with E-state index in [4.69, 9.17) is 10.5 Å². The zero-order chi connectivity index (χ0) is 10.2. The second-order valence-corrected chi connectivity index (χ2v) is 4.42. The summed E-state index contributed by atoms with van der Waals surface area (Å²) in [5, 5.41) is 0. The molecule has 2 N–H and O–H groups in total. The SMILES string of the molecule is Cc1ccc(OCC2(N)CC2)c(C)c1.Cl. The maximum atomic E-state index is 5.95. The van der Waals surface area contributed by atoms with E-state index in [0.717, 1.165) is 18.6 Å². The molecule has 0 atom stereocenters. The molecule has 0 bridgehead atoms. The monoisotopic (exact) mass is 227 g/mol. The molecule has 0 aromatic heterocycles. The van der Waals surface area contributed by atoms with Crippen molar-refractivity contribution in [2.24, 2.45) is 5.73 Å². The summed E-state index contributed by atoms with van der Waals surface area (Å²) in [6, 6.07) is 6.22. The molecule has 0 amide bonds. The lowest BCUT2D eigenvalue weighted by Gasteiger charge is -2.13. The van der Waals surface area contributed by atoms with E-state index in [9.17, 15) is 0 Å². The van der Waals surface area contributed by atoms with E-state index < -0.39 is 0 Å². The normalized spacial score (nSPS) is 16.7. The van der Waals surface area contributed by atoms with E-state index in [1.54, 1.807) is 0 Å². The van der Waals surface area contributed by atoms with Gasteiger partial charge in [0.25, 0.3) is 0 Å². The molecule has 1 saturated carbocycles. The molecule has 15 heavy (non-hydrogen) atoms. The van der Waals surface area contributed by atoms with Gasteiger partial charge in [-0.15, -0.1) is 12.4 Å². The molecule has 1 fully saturated rings. The highest BCUT2D eigenvalue weighted by Crippen LogP contribution is 2.33. The predicted molar refractivity (Wildman–Crippen MR) is 64.8 cm³/mol. The van der Waals surface area contributed by atoms with Gasteiger partial charge in [0.2, 0.25) is 0 Å². The van der Waals surface area contributed by atoms with Gasteiger partial charge < -0.3 is 10.5 Å². The van der Waals surface area contributed by atoms with Crippen LogP contribution in [-0.2, 0) is 0 Å². The standard InChI is InChI=1S/C12H17NO.ClH/c1-9-3-4-11(10(2)7-9)14-8-12(13)5-6-12;/h3-4,7H,5-6,8,13H2,1-2H3;1H. The van der Waals surface area contributed by atoms with Crippen LogP contribution < -0.4 is 10.5 Å². The Labute approximate surface area is 97.2 Å². The van der Waals surface area contributed by atoms with Crippen LogP contribution in [0.25, 0.3) is 0 Å². The van der Waals surface area contributed by atoms with Crippen molar-refractivity contribution in [1.29, 1.82) is 0 Å². The van der Waals surface area contributed by atoms with Gasteiger partial charge in [0.1, 0.15) is 12.4 Å². The van der Waals surface area contributed by atoms with Crippen LogP contribution in [0.4, 0.5) is 0 Å². The molecular formula is C12H18ClNO. The number of halogens is 1. The number of benzene rings is 1. The fourth-order valence-electron chi connectivity index (χ4n) is 1.49. The van der Waals surface area contributed by atoms with E-state index in [2.05, 4.69) is 26.0 Å². The number of rotatable bonds is 3. The summed E-state index contributed by atoms with van der Waals surface area (Å²) in [6.07, 6.45) is 2.19. The van der Waals surface area contributed by atoms with Crippen LogP contribution in [0.15, 0.2) is 18.2 Å². The third-order valence-electron chi connectivity index (χ3n) is 2.74. The van der Waals surface area contributed by atoms with Crippen molar-refractivity contribution in [2.45, 2.75) is 32.2 Å². The Morgan fingerprint density at radius 1 is 1.33 bits per heavy atom. The summed E-state index contributed by atoms with van der Waals surface area (Å²) < 4.78 is 5.69. The highest BCUT2D eigenvalue weighted by molar-refractivity contribution is 5.85. The number of hydrogen-bond donors (Lipinski definition) is 1. The van der Waals surface area contributed by atoms with Gasteiger partial charge in [-0.25, -0.2) is 0 Å². The van der Waals surface area contributed by atoms with Gasteiger partial charge >= 0.3 is 0 Å². The Hall–Kier alpha value is -0.730. The molecule has 0 spiro atoms. The quantitative estimate of drug-likeness (QED) is 0.862. The first-order valence-corrected chi connectivity index (χ1v) is 5.08. The second kappa shape index (κ2) is 4.42. The van der Waals surface area contributed by atoms with Crippen molar-refractivity contribution in [1.82, 2.24) is 0 Å². The van der Waals surface area contributed by atoms with E-state index in [1.165, 1.54) is 11.1 Å². The van der Waals surface area contributed by atoms with Crippen LogP contribution in [0.2, 0.25) is 0 Å². The molecule has 0 radical (unpaired) electrons. The lowest BCUT2D eigenvalue weighted by Crippen LogP contribution is -2.29. The molecule has 2 rings (SSSR count). The van der Waals surface area contributed by atoms with Crippen LogP contribution in [-0.4, -0.2) is 12.1 Å². The lowest BCUT2D eigenvalue weighted by molar-refractivity contribution is 0.278. The van der Waals surface area contributed by atoms with E-state index in [-0.39, 0.29) is 17.9 Å². The van der Waals surface area contributed by atoms with Gasteiger partial charge in [0, 0.05) is 0 Å². The van der Waals surface area contributed by atoms with E-state index in [0.29, 0.717) is 6.61 Å². The van der Waals surface area contributed by atoms with Crippen molar-refractivity contribution >= 4 is 12.4 Å². The van der Waals surface area contributed by atoms with E-state index >= 15 is 0 Å². The van der Waals surface area contributed by atoms with Gasteiger partial charge in [0.15, 0.2) is 0 Å². The smallest absolute Gasteiger partial charge is 0.122 e. The summed E-state index contributed by atoms with van der Waals surface area (Å²) in [6.45, 7) is 4.80. The third kappa shape index (κ3) is 3.11. The van der Waals surface area contributed by atoms with Gasteiger partial charge in [-0.05, 0) is 38.3 Å². The Bertz CT molecular complexity index is 347. The molecule has 0 aliphatic heterocycles. The molecule has 84 valence electrons. The maximum absolute atomic E-state index is 5.95. The fraction of sp³-hybridized carbons (Fsp3) is 0.500. The molecule has 1 aromatic rings. The zero-order valence-electron chi connectivity index (χ0n) is 9.25. The molecule has 0 heterocycles. The molecule has 3 heteroatoms. The minimum Gasteiger partial charge on any atom is -0.491 e. The topological polar surface area (TPSA) is 35.2 Å². The molecule has 1 aliphatic carbocycles. The summed E-state index contributed by atoms with van der Waals surface area (Å²) in [4.78, 5) is 0. The Morgan fingerprint density at radius 2 is 2.00 bits per heavy atom. The first kappa shape index (κ1) is 12.3. The van der Waals surface area contributed by atoms with Crippen LogP contribution in [0.3, 0.4) is 0 Å². The third-order valence-corrected chi connectivity index (χ3v) is 2.74. The Kier molecular flexibility index (Phi) is 3.63. The van der Waals surface area contributed by atoms with Crippen LogP contribution in [0.1, 0.15) is 24.0 Å². The van der Waals surface area contributed by atoms with Crippen molar-refractivity contribution in [3.8, 4) is 5.75 Å². The molecule has 2 nitrogen and oxygen atoms in total.